The number of fused-ring (bicyclic) bond motifs is 4. The molecule has 4 amide bonds. The second-order valence-electron chi connectivity index (χ2n) is 12.3. The summed E-state index contributed by atoms with van der Waals surface area (Å²) in [6.07, 6.45) is -4.97. The lowest BCUT2D eigenvalue weighted by atomic mass is 9.56. The van der Waals surface area contributed by atoms with Crippen LogP contribution in [0.1, 0.15) is 29.2 Å². The number of aromatic hydroxyl groups is 1. The molecule has 2 aliphatic heterocycles. The van der Waals surface area contributed by atoms with Crippen molar-refractivity contribution in [3.63, 3.8) is 0 Å². The first kappa shape index (κ1) is 35.2. The van der Waals surface area contributed by atoms with E-state index < -0.39 is 127 Å². The Labute approximate surface area is 294 Å². The number of rotatable bonds is 5. The maximum Gasteiger partial charge on any atom is 0.573 e. The van der Waals surface area contributed by atoms with Gasteiger partial charge in [-0.25, -0.2) is 26.9 Å². The summed E-state index contributed by atoms with van der Waals surface area (Å²) in [6, 6.07) is 5.37. The Morgan fingerprint density at radius 2 is 1.55 bits per heavy atom. The van der Waals surface area contributed by atoms with Crippen molar-refractivity contribution in [3.05, 3.63) is 86.9 Å². The molecule has 8 nitrogen and oxygen atoms in total. The molecule has 3 aromatic rings. The summed E-state index contributed by atoms with van der Waals surface area (Å²) in [4.78, 5) is 51.2. The molecule has 3 fully saturated rings. The highest BCUT2D eigenvalue weighted by molar-refractivity contribution is 7.09. The summed E-state index contributed by atoms with van der Waals surface area (Å²) in [7, 11) is 0. The van der Waals surface area contributed by atoms with Crippen LogP contribution in [0, 0.1) is 46.8 Å². The molecule has 1 N–H and O–H groups in total. The molecular weight excluding hydrogens is 763 g/mol. The zero-order chi connectivity index (χ0) is 37.1. The summed E-state index contributed by atoms with van der Waals surface area (Å²) < 4.78 is 117. The number of amides is 4. The summed E-state index contributed by atoms with van der Waals surface area (Å²) >= 11 is 15.2. The van der Waals surface area contributed by atoms with E-state index >= 15 is 8.78 Å². The fourth-order valence-electron chi connectivity index (χ4n) is 7.65. The maximum atomic E-state index is 15.2. The van der Waals surface area contributed by atoms with Gasteiger partial charge in [0.2, 0.25) is 17.6 Å². The van der Waals surface area contributed by atoms with Gasteiger partial charge in [-0.2, -0.15) is 0 Å². The van der Waals surface area contributed by atoms with Crippen molar-refractivity contribution in [2.45, 2.75) is 41.4 Å². The van der Waals surface area contributed by atoms with Crippen LogP contribution in [-0.2, 0) is 25.7 Å². The van der Waals surface area contributed by atoms with Crippen molar-refractivity contribution in [2.75, 3.05) is 4.90 Å². The van der Waals surface area contributed by atoms with Crippen molar-refractivity contribution in [3.8, 4) is 11.5 Å². The van der Waals surface area contributed by atoms with Crippen LogP contribution < -0.4 is 9.64 Å². The number of carbonyl (C=O) groups is 4. The molecule has 0 unspecified atom stereocenters. The molecule has 0 bridgehead atoms. The van der Waals surface area contributed by atoms with E-state index in [4.69, 9.17) is 23.2 Å². The summed E-state index contributed by atoms with van der Waals surface area (Å²) in [5.74, 6) is -25.4. The number of likely N-dealkylation sites (tertiary alicyclic amines) is 1. The van der Waals surface area contributed by atoms with Crippen LogP contribution in [0.3, 0.4) is 0 Å². The number of carbonyl (C=O) groups excluding carboxylic acids is 4. The minimum Gasteiger partial charge on any atom is -0.508 e. The van der Waals surface area contributed by atoms with Gasteiger partial charge in [0, 0.05) is 16.4 Å². The largest absolute Gasteiger partial charge is 0.573 e. The summed E-state index contributed by atoms with van der Waals surface area (Å²) in [6.45, 7) is -0.137. The third-order valence-electron chi connectivity index (χ3n) is 9.75. The van der Waals surface area contributed by atoms with E-state index in [-0.39, 0.29) is 18.5 Å². The number of halogens is 10. The normalized spacial score (nSPS) is 28.9. The van der Waals surface area contributed by atoms with E-state index in [0.29, 0.717) is 17.0 Å². The number of alkyl halides is 5. The monoisotopic (exact) mass is 780 g/mol. The van der Waals surface area contributed by atoms with E-state index in [1.807, 2.05) is 0 Å². The molecule has 0 radical (unpaired) electrons. The van der Waals surface area contributed by atoms with Gasteiger partial charge in [0.15, 0.2) is 33.0 Å². The first-order valence-corrected chi connectivity index (χ1v) is 16.4. The third-order valence-corrected chi connectivity index (χ3v) is 12.0. The standard InChI is InChI=1S/C32H18Cl2F8N2O6S/c33-30-9-16-13(4-5-14-18(16)27(47)43(26(14)46)10-12-2-1-7-51-12)19(15-8-11(3-6-17(15)45)50-32(40,41)42)31(30,34)29(49)44(28(30)48)25-23(38)21(36)20(35)22(37)24(25)39/h1-4,6-8,14,16,18-19,45H,5,9-10H2/t14-,16+,18-,19+,30+,31-/m0/s1. The minimum atomic E-state index is -5.28. The number of ether oxygens (including phenoxy) is 1. The second kappa shape index (κ2) is 11.6. The number of anilines is 1. The average Bonchev–Trinajstić information content (AvgIpc) is 3.71. The number of phenols is 1. The predicted octanol–water partition coefficient (Wildman–Crippen LogP) is 6.81. The number of allylic oxidation sites excluding steroid dienone is 2. The lowest BCUT2D eigenvalue weighted by molar-refractivity contribution is -0.274. The van der Waals surface area contributed by atoms with Crippen molar-refractivity contribution < 1.29 is 64.1 Å². The highest BCUT2D eigenvalue weighted by Gasteiger charge is 2.77. The van der Waals surface area contributed by atoms with Crippen molar-refractivity contribution in [1.82, 2.24) is 4.90 Å². The zero-order valence-electron chi connectivity index (χ0n) is 25.0. The minimum absolute atomic E-state index is 0.0680. The van der Waals surface area contributed by atoms with Gasteiger partial charge in [-0.05, 0) is 48.4 Å². The Hall–Kier alpha value is -4.22. The van der Waals surface area contributed by atoms with Crippen LogP contribution in [0.25, 0.3) is 0 Å². The van der Waals surface area contributed by atoms with Crippen molar-refractivity contribution in [1.29, 1.82) is 0 Å². The second-order valence-corrected chi connectivity index (χ2v) is 14.6. The zero-order valence-corrected chi connectivity index (χ0v) is 27.4. The molecule has 268 valence electrons. The van der Waals surface area contributed by atoms with E-state index in [9.17, 15) is 50.6 Å². The molecule has 2 aliphatic carbocycles. The van der Waals surface area contributed by atoms with E-state index in [2.05, 4.69) is 4.74 Å². The number of benzene rings is 2. The third kappa shape index (κ3) is 4.90. The van der Waals surface area contributed by atoms with E-state index in [0.717, 1.165) is 11.0 Å². The molecule has 6 atom stereocenters. The lowest BCUT2D eigenvalue weighted by Gasteiger charge is -2.50. The average molecular weight is 781 g/mol. The van der Waals surface area contributed by atoms with Gasteiger partial charge in [0.05, 0.1) is 18.4 Å². The van der Waals surface area contributed by atoms with Gasteiger partial charge < -0.3 is 9.84 Å². The van der Waals surface area contributed by atoms with E-state index in [1.54, 1.807) is 17.5 Å². The van der Waals surface area contributed by atoms with Gasteiger partial charge in [0.1, 0.15) is 17.2 Å². The molecule has 19 heteroatoms. The first-order chi connectivity index (χ1) is 23.8. The van der Waals surface area contributed by atoms with Crippen molar-refractivity contribution >= 4 is 63.9 Å². The highest BCUT2D eigenvalue weighted by Crippen LogP contribution is 2.67. The Bertz CT molecular complexity index is 2070. The number of nitrogens with zero attached hydrogens (tertiary/aromatic N) is 2. The highest BCUT2D eigenvalue weighted by atomic mass is 35.5. The molecule has 7 rings (SSSR count). The molecule has 4 aliphatic rings. The topological polar surface area (TPSA) is 104 Å². The molecule has 2 saturated heterocycles. The van der Waals surface area contributed by atoms with Gasteiger partial charge in [-0.15, -0.1) is 47.7 Å². The number of imide groups is 2. The molecule has 1 saturated carbocycles. The molecule has 0 spiro atoms. The molecular formula is C32H18Cl2F8N2O6S. The van der Waals surface area contributed by atoms with Crippen molar-refractivity contribution in [2.24, 2.45) is 17.8 Å². The summed E-state index contributed by atoms with van der Waals surface area (Å²) in [5, 5.41) is 12.7. The van der Waals surface area contributed by atoms with Gasteiger partial charge in [0.25, 0.3) is 11.8 Å². The van der Waals surface area contributed by atoms with Gasteiger partial charge in [-0.3, -0.25) is 24.1 Å². The molecule has 51 heavy (non-hydrogen) atoms. The lowest BCUT2D eigenvalue weighted by Crippen LogP contribution is -2.60. The Morgan fingerprint density at radius 1 is 0.902 bits per heavy atom. The van der Waals surface area contributed by atoms with Gasteiger partial charge in [-0.1, -0.05) is 17.7 Å². The fourth-order valence-corrected chi connectivity index (χ4v) is 9.27. The summed E-state index contributed by atoms with van der Waals surface area (Å²) in [5.41, 5.74) is -2.74. The SMILES string of the molecule is O=C1[C@H]2[C@H](CC=C3[C@H]2C[C@@]2(Cl)C(=O)N(c4c(F)c(F)c(F)c(F)c4F)C(=O)[C@@]2(Cl)[C@H]3c2cc(OC(F)(F)F)ccc2O)C(=O)N1Cc1cccs1. The number of hydrogen-bond acceptors (Lipinski definition) is 7. The quantitative estimate of drug-likeness (QED) is 0.0763. The Balaban J connectivity index is 1.44. The van der Waals surface area contributed by atoms with Crippen LogP contribution in [0.4, 0.5) is 40.8 Å². The first-order valence-electron chi connectivity index (χ1n) is 14.8. The number of thiophene rings is 1. The van der Waals surface area contributed by atoms with Crippen LogP contribution in [0.15, 0.2) is 47.4 Å². The number of phenolic OH excluding ortho intramolecular Hbond substituents is 1. The molecule has 3 heterocycles. The maximum absolute atomic E-state index is 15.2. The molecule has 2 aromatic carbocycles. The fraction of sp³-hybridized carbons (Fsp3) is 0.312. The van der Waals surface area contributed by atoms with Crippen LogP contribution in [-0.4, -0.2) is 49.7 Å². The Morgan fingerprint density at radius 3 is 2.16 bits per heavy atom. The van der Waals surface area contributed by atoms with Crippen LogP contribution in [0.5, 0.6) is 11.5 Å². The smallest absolute Gasteiger partial charge is 0.508 e. The molecule has 1 aromatic heterocycles. The van der Waals surface area contributed by atoms with Gasteiger partial charge >= 0.3 is 6.36 Å². The van der Waals surface area contributed by atoms with Crippen LogP contribution >= 0.6 is 34.5 Å². The number of hydrogen-bond donors (Lipinski definition) is 1. The van der Waals surface area contributed by atoms with Crippen LogP contribution in [0.2, 0.25) is 0 Å². The predicted molar refractivity (Wildman–Crippen MR) is 161 cm³/mol. The van der Waals surface area contributed by atoms with E-state index in [1.165, 1.54) is 17.4 Å². The Kier molecular flexibility index (Phi) is 8.04.